The lowest BCUT2D eigenvalue weighted by atomic mass is 10.2. The lowest BCUT2D eigenvalue weighted by Crippen LogP contribution is -1.90. The molecule has 0 amide bonds. The van der Waals surface area contributed by atoms with Crippen molar-refractivity contribution >= 4 is 22.0 Å². The van der Waals surface area contributed by atoms with E-state index in [-0.39, 0.29) is 0 Å². The van der Waals surface area contributed by atoms with Crippen LogP contribution in [0.4, 0.5) is 0 Å². The maximum Gasteiger partial charge on any atom is 0.0948 e. The number of aryl methyl sites for hydroxylation is 1. The summed E-state index contributed by atoms with van der Waals surface area (Å²) in [6.45, 7) is 2.16. The monoisotopic (exact) mass is 228 g/mol. The van der Waals surface area contributed by atoms with Crippen molar-refractivity contribution in [1.29, 1.82) is 0 Å². The van der Waals surface area contributed by atoms with Gasteiger partial charge in [-0.1, -0.05) is 28.4 Å². The first kappa shape index (κ1) is 9.52. The summed E-state index contributed by atoms with van der Waals surface area (Å²) in [6, 6.07) is 0. The maximum absolute atomic E-state index is 4.05. The molecule has 2 nitrogen and oxygen atoms in total. The fourth-order valence-corrected chi connectivity index (χ4v) is 1.51. The number of hydrogen-bond acceptors (Lipinski definition) is 1. The van der Waals surface area contributed by atoms with Crippen LogP contribution >= 0.6 is 15.9 Å². The highest BCUT2D eigenvalue weighted by Gasteiger charge is 1.96. The van der Waals surface area contributed by atoms with Crippen molar-refractivity contribution in [3.05, 3.63) is 23.8 Å². The number of aromatic nitrogens is 2. The second-order valence-electron chi connectivity index (χ2n) is 2.72. The molecule has 0 atom stereocenters. The Bertz CT molecular complexity index is 270. The molecule has 0 saturated heterocycles. The largest absolute Gasteiger partial charge is 0.334 e. The van der Waals surface area contributed by atoms with Crippen molar-refractivity contribution in [3.63, 3.8) is 0 Å². The smallest absolute Gasteiger partial charge is 0.0948 e. The van der Waals surface area contributed by atoms with E-state index in [1.165, 1.54) is 5.57 Å². The van der Waals surface area contributed by atoms with Crippen molar-refractivity contribution in [2.75, 3.05) is 5.33 Å². The third-order valence-electron chi connectivity index (χ3n) is 1.83. The van der Waals surface area contributed by atoms with Crippen molar-refractivity contribution in [2.45, 2.75) is 13.3 Å². The Morgan fingerprint density at radius 1 is 1.75 bits per heavy atom. The van der Waals surface area contributed by atoms with Crippen molar-refractivity contribution < 1.29 is 0 Å². The highest BCUT2D eigenvalue weighted by molar-refractivity contribution is 9.09. The summed E-state index contributed by atoms with van der Waals surface area (Å²) >= 11 is 3.45. The highest BCUT2D eigenvalue weighted by atomic mass is 79.9. The summed E-state index contributed by atoms with van der Waals surface area (Å²) in [7, 11) is 2.00. The van der Waals surface area contributed by atoms with E-state index in [0.717, 1.165) is 17.4 Å². The number of nitrogens with zero attached hydrogens (tertiary/aromatic N) is 2. The summed E-state index contributed by atoms with van der Waals surface area (Å²) in [5.41, 5.74) is 2.55. The second kappa shape index (κ2) is 4.45. The molecule has 12 heavy (non-hydrogen) atoms. The Morgan fingerprint density at radius 3 is 2.92 bits per heavy atom. The van der Waals surface area contributed by atoms with Gasteiger partial charge in [-0.15, -0.1) is 0 Å². The van der Waals surface area contributed by atoms with Gasteiger partial charge in [-0.05, 0) is 12.5 Å². The van der Waals surface area contributed by atoms with Gasteiger partial charge in [-0.2, -0.15) is 0 Å². The standard InChI is InChI=1S/C9H13BrN2/c1-3-8(5-10)4-9-6-11-7-12(9)2/h4,6-7H,3,5H2,1-2H3/b8-4+. The molecule has 0 fully saturated rings. The first-order valence-electron chi connectivity index (χ1n) is 3.99. The van der Waals surface area contributed by atoms with Crippen LogP contribution in [-0.4, -0.2) is 14.9 Å². The molecule has 0 spiro atoms. The van der Waals surface area contributed by atoms with Gasteiger partial charge in [0.2, 0.25) is 0 Å². The van der Waals surface area contributed by atoms with Gasteiger partial charge in [-0.3, -0.25) is 0 Å². The lowest BCUT2D eigenvalue weighted by Gasteiger charge is -1.99. The Kier molecular flexibility index (Phi) is 3.53. The van der Waals surface area contributed by atoms with Gasteiger partial charge in [0.1, 0.15) is 0 Å². The molecule has 0 bridgehead atoms. The van der Waals surface area contributed by atoms with E-state index in [2.05, 4.69) is 33.9 Å². The summed E-state index contributed by atoms with van der Waals surface area (Å²) in [6.07, 6.45) is 6.93. The van der Waals surface area contributed by atoms with E-state index in [0.29, 0.717) is 0 Å². The van der Waals surface area contributed by atoms with Crippen LogP contribution in [0, 0.1) is 0 Å². The number of imidazole rings is 1. The fourth-order valence-electron chi connectivity index (χ4n) is 0.951. The van der Waals surface area contributed by atoms with E-state index in [1.807, 2.05) is 24.1 Å². The number of halogens is 1. The zero-order valence-corrected chi connectivity index (χ0v) is 9.00. The average molecular weight is 229 g/mol. The molecule has 1 aromatic rings. The molecule has 0 aliphatic carbocycles. The summed E-state index contributed by atoms with van der Waals surface area (Å²) in [5.74, 6) is 0. The van der Waals surface area contributed by atoms with Crippen LogP contribution in [0.5, 0.6) is 0 Å². The van der Waals surface area contributed by atoms with Crippen LogP contribution in [0.3, 0.4) is 0 Å². The Balaban J connectivity index is 2.85. The van der Waals surface area contributed by atoms with Crippen molar-refractivity contribution in [3.8, 4) is 0 Å². The molecule has 0 aliphatic rings. The molecule has 0 unspecified atom stereocenters. The van der Waals surface area contributed by atoms with Crippen molar-refractivity contribution in [2.24, 2.45) is 7.05 Å². The normalized spacial score (nSPS) is 12.1. The molecule has 1 rings (SSSR count). The molecule has 66 valence electrons. The molecular weight excluding hydrogens is 216 g/mol. The van der Waals surface area contributed by atoms with E-state index in [4.69, 9.17) is 0 Å². The molecule has 0 aliphatic heterocycles. The number of allylic oxidation sites excluding steroid dienone is 1. The van der Waals surface area contributed by atoms with E-state index >= 15 is 0 Å². The zero-order valence-electron chi connectivity index (χ0n) is 7.42. The molecule has 0 N–H and O–H groups in total. The van der Waals surface area contributed by atoms with E-state index in [9.17, 15) is 0 Å². The average Bonchev–Trinajstić information content (AvgIpc) is 2.47. The number of rotatable bonds is 3. The third-order valence-corrected chi connectivity index (χ3v) is 2.55. The molecule has 1 heterocycles. The van der Waals surface area contributed by atoms with Crippen LogP contribution < -0.4 is 0 Å². The minimum atomic E-state index is 0.939. The van der Waals surface area contributed by atoms with Crippen LogP contribution in [0.25, 0.3) is 6.08 Å². The molecule has 3 heteroatoms. The van der Waals surface area contributed by atoms with Gasteiger partial charge in [-0.25, -0.2) is 4.98 Å². The van der Waals surface area contributed by atoms with E-state index < -0.39 is 0 Å². The van der Waals surface area contributed by atoms with Crippen LogP contribution in [0.15, 0.2) is 18.1 Å². The lowest BCUT2D eigenvalue weighted by molar-refractivity contribution is 0.900. The predicted molar refractivity (Wildman–Crippen MR) is 55.3 cm³/mol. The quantitative estimate of drug-likeness (QED) is 0.728. The first-order chi connectivity index (χ1) is 5.77. The van der Waals surface area contributed by atoms with Gasteiger partial charge in [0, 0.05) is 12.4 Å². The minimum Gasteiger partial charge on any atom is -0.334 e. The molecule has 0 saturated carbocycles. The first-order valence-corrected chi connectivity index (χ1v) is 5.11. The van der Waals surface area contributed by atoms with Gasteiger partial charge in [0.25, 0.3) is 0 Å². The molecular formula is C9H13BrN2. The number of alkyl halides is 1. The Labute approximate surface area is 81.4 Å². The summed E-state index contributed by atoms with van der Waals surface area (Å²) in [5, 5.41) is 0.939. The second-order valence-corrected chi connectivity index (χ2v) is 3.28. The van der Waals surface area contributed by atoms with Crippen molar-refractivity contribution in [1.82, 2.24) is 9.55 Å². The minimum absolute atomic E-state index is 0.939. The summed E-state index contributed by atoms with van der Waals surface area (Å²) in [4.78, 5) is 4.05. The molecule has 1 aromatic heterocycles. The van der Waals surface area contributed by atoms with Gasteiger partial charge in [0.05, 0.1) is 18.2 Å². The van der Waals surface area contributed by atoms with E-state index in [1.54, 1.807) is 0 Å². The Morgan fingerprint density at radius 2 is 2.50 bits per heavy atom. The highest BCUT2D eigenvalue weighted by Crippen LogP contribution is 2.10. The number of hydrogen-bond donors (Lipinski definition) is 0. The molecule has 0 radical (unpaired) electrons. The predicted octanol–water partition coefficient (Wildman–Crippen LogP) is 2.61. The van der Waals surface area contributed by atoms with Gasteiger partial charge >= 0.3 is 0 Å². The van der Waals surface area contributed by atoms with Crippen LogP contribution in [0.2, 0.25) is 0 Å². The maximum atomic E-state index is 4.05. The fraction of sp³-hybridized carbons (Fsp3) is 0.444. The SMILES string of the molecule is CC/C(=C\c1cncn1C)CBr. The third kappa shape index (κ3) is 2.21. The van der Waals surface area contributed by atoms with Crippen LogP contribution in [-0.2, 0) is 7.05 Å². The van der Waals surface area contributed by atoms with Gasteiger partial charge < -0.3 is 4.57 Å². The van der Waals surface area contributed by atoms with Crippen LogP contribution in [0.1, 0.15) is 19.0 Å². The van der Waals surface area contributed by atoms with Gasteiger partial charge in [0.15, 0.2) is 0 Å². The zero-order chi connectivity index (χ0) is 8.97. The Hall–Kier alpha value is -0.570. The topological polar surface area (TPSA) is 17.8 Å². The summed E-state index contributed by atoms with van der Waals surface area (Å²) < 4.78 is 2.01. The molecule has 0 aromatic carbocycles.